The van der Waals surface area contributed by atoms with E-state index in [0.717, 1.165) is 60.2 Å². The number of carbonyl (C=O) groups is 2. The lowest BCUT2D eigenvalue weighted by Gasteiger charge is -2.49. The molecule has 0 N–H and O–H groups in total. The Hall–Kier alpha value is -4.15. The molecule has 0 amide bonds. The van der Waals surface area contributed by atoms with E-state index < -0.39 is 0 Å². The van der Waals surface area contributed by atoms with Crippen LogP contribution in [0.4, 0.5) is 0 Å². The number of hydrogen-bond acceptors (Lipinski definition) is 4. The summed E-state index contributed by atoms with van der Waals surface area (Å²) in [5.41, 5.74) is 11.3. The molecule has 8 atom stereocenters. The third-order valence-electron chi connectivity index (χ3n) is 25.7. The van der Waals surface area contributed by atoms with E-state index in [-0.39, 0.29) is 5.92 Å². The number of ketones is 2. The maximum absolute atomic E-state index is 11.6. The van der Waals surface area contributed by atoms with Gasteiger partial charge in [-0.3, -0.25) is 9.59 Å². The number of fused-ring (bicyclic) bond motifs is 8. The summed E-state index contributed by atoms with van der Waals surface area (Å²) in [6.45, 7) is 49.2. The molecule has 8 unspecified atom stereocenters. The summed E-state index contributed by atoms with van der Waals surface area (Å²) in [5.74, 6) is 15.0. The normalized spacial score (nSPS) is 27.9. The van der Waals surface area contributed by atoms with E-state index in [9.17, 15) is 9.59 Å². The highest BCUT2D eigenvalue weighted by molar-refractivity contribution is 7.09. The molecule has 0 spiro atoms. The Labute approximate surface area is 728 Å². The number of nitrogens with zero attached hydrogens (tertiary/aromatic N) is 1. The fraction of sp³-hybridized carbons (Fsp3) is 0.741. The van der Waals surface area contributed by atoms with Crippen LogP contribution in [0.3, 0.4) is 0 Å². The van der Waals surface area contributed by atoms with Gasteiger partial charge < -0.3 is 0 Å². The first kappa shape index (κ1) is 110. The molecule has 3 nitrogen and oxygen atoms in total. The monoisotopic (exact) mass is 1620 g/mol. The highest BCUT2D eigenvalue weighted by Gasteiger charge is 2.42. The van der Waals surface area contributed by atoms with Gasteiger partial charge >= 0.3 is 0 Å². The van der Waals surface area contributed by atoms with Crippen molar-refractivity contribution in [2.24, 2.45) is 76.9 Å². The topological polar surface area (TPSA) is 47.0 Å². The molecule has 0 aliphatic heterocycles. The predicted octanol–water partition coefficient (Wildman–Crippen LogP) is 36.7. The van der Waals surface area contributed by atoms with E-state index in [1.807, 2.05) is 141 Å². The number of aryl methyl sites for hydroxylation is 3. The lowest BCUT2D eigenvalue weighted by molar-refractivity contribution is -0.125. The Morgan fingerprint density at radius 2 is 0.776 bits per heavy atom. The molecule has 0 saturated heterocycles. The first-order valence-electron chi connectivity index (χ1n) is 50.9. The van der Waals surface area contributed by atoms with Gasteiger partial charge in [0.25, 0.3) is 0 Å². The number of aromatic nitrogens is 1. The average molecular weight is 1620 g/mol. The van der Waals surface area contributed by atoms with Gasteiger partial charge in [-0.25, -0.2) is 4.98 Å². The van der Waals surface area contributed by atoms with Crippen molar-refractivity contribution in [2.45, 2.75) is 459 Å². The first-order chi connectivity index (χ1) is 56.8. The number of allylic oxidation sites excluding steroid dienone is 11. The lowest BCUT2D eigenvalue weighted by atomic mass is 9.56. The van der Waals surface area contributed by atoms with Crippen molar-refractivity contribution in [3.63, 3.8) is 0 Å². The van der Waals surface area contributed by atoms with E-state index in [1.165, 1.54) is 277 Å². The van der Waals surface area contributed by atoms with Crippen LogP contribution in [0.2, 0.25) is 0 Å². The average Bonchev–Trinajstić information content (AvgIpc) is 1.23. The molecule has 13 fully saturated rings. The Kier molecular flexibility index (Phi) is 67.6. The van der Waals surface area contributed by atoms with Crippen molar-refractivity contribution in [1.82, 2.24) is 4.98 Å². The summed E-state index contributed by atoms with van der Waals surface area (Å²) < 4.78 is 0. The van der Waals surface area contributed by atoms with Crippen LogP contribution >= 0.6 is 11.3 Å². The Bertz CT molecular complexity index is 2830. The number of carbonyl (C=O) groups excluding carboxylic acids is 2. The Morgan fingerprint density at radius 3 is 1.09 bits per heavy atom. The second-order valence-electron chi connectivity index (χ2n) is 35.1. The van der Waals surface area contributed by atoms with Gasteiger partial charge in [-0.15, -0.1) is 11.3 Å². The predicted molar refractivity (Wildman–Crippen MR) is 523 cm³/mol. The molecular weight excluding hydrogens is 1420 g/mol. The highest BCUT2D eigenvalue weighted by atomic mass is 32.1. The van der Waals surface area contributed by atoms with Crippen LogP contribution < -0.4 is 0 Å². The van der Waals surface area contributed by atoms with Gasteiger partial charge in [0, 0.05) is 29.6 Å². The lowest BCUT2D eigenvalue weighted by Crippen LogP contribution is -2.38. The fourth-order valence-corrected chi connectivity index (χ4v) is 18.4. The van der Waals surface area contributed by atoms with Crippen molar-refractivity contribution >= 4 is 22.9 Å². The van der Waals surface area contributed by atoms with Crippen LogP contribution in [0, 0.1) is 76.9 Å². The van der Waals surface area contributed by atoms with Crippen molar-refractivity contribution in [2.75, 3.05) is 0 Å². The molecule has 2 aromatic carbocycles. The van der Waals surface area contributed by atoms with Gasteiger partial charge in [0.2, 0.25) is 0 Å². The van der Waals surface area contributed by atoms with Crippen molar-refractivity contribution in [3.8, 4) is 0 Å². The van der Waals surface area contributed by atoms with E-state index in [1.54, 1.807) is 60.8 Å². The molecule has 22 aliphatic carbocycles. The molecule has 3 aromatic rings. The maximum atomic E-state index is 11.6. The molecule has 22 aliphatic rings. The zero-order valence-corrected chi connectivity index (χ0v) is 81.7. The second-order valence-corrected chi connectivity index (χ2v) is 36.0. The minimum atomic E-state index is 0.200. The third kappa shape index (κ3) is 47.9. The minimum Gasteiger partial charge on any atom is -0.299 e. The molecule has 664 valence electrons. The van der Waals surface area contributed by atoms with Gasteiger partial charge in [-0.1, -0.05) is 364 Å². The van der Waals surface area contributed by atoms with Crippen LogP contribution in [0.5, 0.6) is 0 Å². The Morgan fingerprint density at radius 1 is 0.353 bits per heavy atom. The standard InChI is InChI=1S/C12H14.C11H14O.C10H12.C8H12.C7H9NS.C7H12.C6H10.C6H12.C6H10.C5H8.C5H10.C5H8.C4H6O.C4H8.8C2H6/c1-2-4-12-10-7-5-9(6-8-10)11(12)3-1;1-8-6-9-4-2-3-5-10(9)11(12)7-8;1-8-6-7-9-4-2-3-5-10(8)9;1-2-8-5-3-7(1)4-6-8;1-2-4-7-6(3-1)8-5-9-7;1-6-3-4-7(2)5-6;1-2-5-4-6(5)3-1;2*1-2-4-6-5-3-1;1-4-2-5(1)3-4;1-5-3-2-4-5;1-2-4-5-3-1;1-3-2-4(3)5;1-4-2-3-4;8*1-2/h1-4,9-10H,5-8H2;2-5,8-10H,6-7H2,1H3;2-5,8H,6-7H2,1H3;1-2,7-8H,3-6H2;5H,1-4H2;7H,1,3-5H2,2H3;5-6H,1-4H2;1-6H2;1-2H,3-6H2;4-5H,1-3H2;5H,2-4H2,1H3;1-2H,3-5H2;3H,2H2,1H3;4H,2-3H2,1H3;8*1-2H3. The molecule has 13 saturated carbocycles. The second kappa shape index (κ2) is 71.4. The fourth-order valence-electron chi connectivity index (χ4n) is 17.6. The summed E-state index contributed by atoms with van der Waals surface area (Å²) in [7, 11) is 0. The van der Waals surface area contributed by atoms with Crippen molar-refractivity contribution < 1.29 is 9.59 Å². The van der Waals surface area contributed by atoms with Crippen LogP contribution in [0.25, 0.3) is 0 Å². The number of benzene rings is 2. The summed E-state index contributed by atoms with van der Waals surface area (Å²) >= 11 is 1.81. The molecule has 0 radical (unpaired) electrons. The summed E-state index contributed by atoms with van der Waals surface area (Å²) in [5, 5.41) is 0. The molecule has 1 aromatic heterocycles. The van der Waals surface area contributed by atoms with Gasteiger partial charge in [0.15, 0.2) is 0 Å². The molecule has 4 heteroatoms. The SMILES string of the molecule is C1=CC2CCC1CC2.C1=CCCC1.C1=CCCCC1.C1C2CC1C2.C1CC2CC2C1.C1CCCCC1.C=C1CCC(C)C1.CC.CC.CC.CC.CC.CC.CC.CC.CC1CC(=O)C2C=CC=CC2C1.CC1CC1.CC1CC1=O.CC1CCC1.CC1CCc2ccccc21.c1ccc2c(c1)C1CCC2CC1.c1nc2c(s1)CCCC2. The van der Waals surface area contributed by atoms with E-state index in [4.69, 9.17) is 0 Å². The number of thiazole rings is 1. The molecule has 6 bridgehead atoms. The zero-order chi connectivity index (χ0) is 86.1. The number of Topliss-reactive ketones (excluding diaryl/α,β-unsaturated/α-hetero) is 2. The summed E-state index contributed by atoms with van der Waals surface area (Å²) in [6, 6.07) is 17.8. The summed E-state index contributed by atoms with van der Waals surface area (Å²) in [6.07, 6.45) is 85.3. The zero-order valence-electron chi connectivity index (χ0n) is 80.9. The van der Waals surface area contributed by atoms with Crippen LogP contribution in [-0.4, -0.2) is 16.6 Å². The maximum Gasteiger partial charge on any atom is 0.140 e. The molecular formula is C112H193NO2S. The number of rotatable bonds is 0. The van der Waals surface area contributed by atoms with E-state index >= 15 is 0 Å². The highest BCUT2D eigenvalue weighted by Crippen LogP contribution is 2.53. The Balaban J connectivity index is 0.000000622. The first-order valence-corrected chi connectivity index (χ1v) is 51.8. The van der Waals surface area contributed by atoms with Crippen LogP contribution in [0.1, 0.15) is 473 Å². The van der Waals surface area contributed by atoms with Gasteiger partial charge in [-0.05, 0) is 291 Å². The largest absolute Gasteiger partial charge is 0.299 e. The summed E-state index contributed by atoms with van der Waals surface area (Å²) in [4.78, 5) is 27.2. The van der Waals surface area contributed by atoms with E-state index in [2.05, 4.69) is 149 Å². The quantitative estimate of drug-likeness (QED) is 0.211. The van der Waals surface area contributed by atoms with Gasteiger partial charge in [0.05, 0.1) is 11.2 Å². The minimum absolute atomic E-state index is 0.200. The van der Waals surface area contributed by atoms with Crippen LogP contribution in [-0.2, 0) is 28.9 Å². The molecule has 25 rings (SSSR count). The van der Waals surface area contributed by atoms with Gasteiger partial charge in [-0.2, -0.15) is 0 Å². The third-order valence-corrected chi connectivity index (χ3v) is 26.7. The molecule has 1 heterocycles. The van der Waals surface area contributed by atoms with E-state index in [0.29, 0.717) is 29.3 Å². The van der Waals surface area contributed by atoms with Crippen molar-refractivity contribution in [1.29, 1.82) is 0 Å². The van der Waals surface area contributed by atoms with Crippen molar-refractivity contribution in [3.05, 3.63) is 160 Å². The van der Waals surface area contributed by atoms with Gasteiger partial charge in [0.1, 0.15) is 11.6 Å². The van der Waals surface area contributed by atoms with Crippen LogP contribution in [0.15, 0.2) is 127 Å². The molecule has 116 heavy (non-hydrogen) atoms. The smallest absolute Gasteiger partial charge is 0.140 e. The number of hydrogen-bond donors (Lipinski definition) is 0.